The van der Waals surface area contributed by atoms with Gasteiger partial charge >= 0.3 is 0 Å². The highest BCUT2D eigenvalue weighted by molar-refractivity contribution is 9.10. The van der Waals surface area contributed by atoms with E-state index in [2.05, 4.69) is 77.0 Å². The zero-order valence-corrected chi connectivity index (χ0v) is 13.3. The Hall–Kier alpha value is -1.05. The summed E-state index contributed by atoms with van der Waals surface area (Å²) in [6.45, 7) is 6.43. The van der Waals surface area contributed by atoms with Crippen molar-refractivity contribution in [3.05, 3.63) is 28.7 Å². The van der Waals surface area contributed by atoms with Crippen LogP contribution in [0, 0.1) is 11.3 Å². The van der Waals surface area contributed by atoms with Crippen molar-refractivity contribution in [2.24, 2.45) is 0 Å². The van der Waals surface area contributed by atoms with Crippen LogP contribution in [0.1, 0.15) is 20.3 Å². The van der Waals surface area contributed by atoms with Crippen LogP contribution < -0.4 is 4.90 Å². The predicted octanol–water partition coefficient (Wildman–Crippen LogP) is 3.26. The maximum atomic E-state index is 9.08. The van der Waals surface area contributed by atoms with Crippen molar-refractivity contribution in [3.8, 4) is 6.07 Å². The lowest BCUT2D eigenvalue weighted by atomic mass is 9.93. The quantitative estimate of drug-likeness (QED) is 0.837. The highest BCUT2D eigenvalue weighted by Gasteiger charge is 2.38. The molecule has 19 heavy (non-hydrogen) atoms. The Labute approximate surface area is 123 Å². The highest BCUT2D eigenvalue weighted by atomic mass is 79.9. The first kappa shape index (κ1) is 14.4. The normalized spacial score (nSPS) is 23.1. The summed E-state index contributed by atoms with van der Waals surface area (Å²) < 4.78 is 1.08. The van der Waals surface area contributed by atoms with E-state index in [1.54, 1.807) is 0 Å². The van der Waals surface area contributed by atoms with E-state index in [4.69, 9.17) is 5.26 Å². The van der Waals surface area contributed by atoms with Crippen molar-refractivity contribution in [1.82, 2.24) is 4.90 Å². The highest BCUT2D eigenvalue weighted by Crippen LogP contribution is 2.32. The molecule has 1 heterocycles. The first-order valence-electron chi connectivity index (χ1n) is 6.54. The van der Waals surface area contributed by atoms with Crippen LogP contribution in [-0.4, -0.2) is 36.6 Å². The first-order valence-corrected chi connectivity index (χ1v) is 7.34. The molecule has 1 aliphatic rings. The lowest BCUT2D eigenvalue weighted by Crippen LogP contribution is -2.63. The maximum Gasteiger partial charge on any atom is 0.0643 e. The predicted molar refractivity (Wildman–Crippen MR) is 82.2 cm³/mol. The van der Waals surface area contributed by atoms with Gasteiger partial charge in [-0.3, -0.25) is 0 Å². The van der Waals surface area contributed by atoms with Crippen LogP contribution in [0.3, 0.4) is 0 Å². The third-order valence-electron chi connectivity index (χ3n) is 3.63. The fourth-order valence-electron chi connectivity index (χ4n) is 3.16. The molecule has 1 aliphatic heterocycles. The van der Waals surface area contributed by atoms with Gasteiger partial charge in [-0.05, 0) is 45.2 Å². The van der Waals surface area contributed by atoms with Crippen LogP contribution >= 0.6 is 15.9 Å². The molecule has 0 aliphatic carbocycles. The summed E-state index contributed by atoms with van der Waals surface area (Å²) in [5.41, 5.74) is 1.23. The minimum atomic E-state index is 0.0301. The molecular weight excluding hydrogens is 302 g/mol. The first-order chi connectivity index (χ1) is 8.94. The molecular formula is C15H20BrN3. The number of nitrogens with zero attached hydrogens (tertiary/aromatic N) is 3. The summed E-state index contributed by atoms with van der Waals surface area (Å²) in [7, 11) is 2.13. The molecule has 3 nitrogen and oxygen atoms in total. The molecule has 1 aromatic carbocycles. The minimum Gasteiger partial charge on any atom is -0.360 e. The van der Waals surface area contributed by atoms with Crippen molar-refractivity contribution < 1.29 is 0 Å². The topological polar surface area (TPSA) is 30.3 Å². The fraction of sp³-hybridized carbons (Fsp3) is 0.533. The Balaban J connectivity index is 2.36. The van der Waals surface area contributed by atoms with E-state index in [1.165, 1.54) is 5.69 Å². The van der Waals surface area contributed by atoms with Crippen molar-refractivity contribution in [2.45, 2.75) is 31.8 Å². The standard InChI is InChI=1S/C15H20BrN3/c1-15(2)11-18(3)10-14(8-9-17)19(15)13-6-4-12(16)5-7-13/h4-7,14H,8,10-11H2,1-3H3. The average Bonchev–Trinajstić information content (AvgIpc) is 2.30. The number of rotatable bonds is 2. The molecule has 0 bridgehead atoms. The number of likely N-dealkylation sites (N-methyl/N-ethyl adjacent to an activating group) is 1. The van der Waals surface area contributed by atoms with Crippen LogP contribution in [0.4, 0.5) is 5.69 Å². The lowest BCUT2D eigenvalue weighted by molar-refractivity contribution is 0.181. The molecule has 4 heteroatoms. The Morgan fingerprint density at radius 3 is 2.58 bits per heavy atom. The fourth-order valence-corrected chi connectivity index (χ4v) is 3.42. The molecule has 2 rings (SSSR count). The largest absolute Gasteiger partial charge is 0.360 e. The van der Waals surface area contributed by atoms with Gasteiger partial charge in [-0.25, -0.2) is 0 Å². The Morgan fingerprint density at radius 1 is 1.37 bits per heavy atom. The second kappa shape index (κ2) is 5.52. The smallest absolute Gasteiger partial charge is 0.0643 e. The molecule has 0 aromatic heterocycles. The third kappa shape index (κ3) is 3.10. The van der Waals surface area contributed by atoms with Crippen LogP contribution in [0.2, 0.25) is 0 Å². The van der Waals surface area contributed by atoms with Gasteiger partial charge in [0.25, 0.3) is 0 Å². The van der Waals surface area contributed by atoms with E-state index >= 15 is 0 Å². The molecule has 0 amide bonds. The van der Waals surface area contributed by atoms with Gasteiger partial charge in [0.1, 0.15) is 0 Å². The number of anilines is 1. The summed E-state index contributed by atoms with van der Waals surface area (Å²) in [6, 6.07) is 11.0. The SMILES string of the molecule is CN1CC(CC#N)N(c2ccc(Br)cc2)C(C)(C)C1. The molecule has 1 saturated heterocycles. The van der Waals surface area contributed by atoms with Gasteiger partial charge in [0, 0.05) is 28.8 Å². The van der Waals surface area contributed by atoms with Gasteiger partial charge in [-0.1, -0.05) is 15.9 Å². The van der Waals surface area contributed by atoms with Crippen molar-refractivity contribution in [1.29, 1.82) is 5.26 Å². The Bertz CT molecular complexity index is 475. The monoisotopic (exact) mass is 321 g/mol. The minimum absolute atomic E-state index is 0.0301. The second-order valence-electron chi connectivity index (χ2n) is 5.87. The van der Waals surface area contributed by atoms with Gasteiger partial charge < -0.3 is 9.80 Å². The van der Waals surface area contributed by atoms with Gasteiger partial charge in [0.15, 0.2) is 0 Å². The van der Waals surface area contributed by atoms with E-state index in [-0.39, 0.29) is 11.6 Å². The van der Waals surface area contributed by atoms with Gasteiger partial charge in [-0.15, -0.1) is 0 Å². The summed E-state index contributed by atoms with van der Waals surface area (Å²) >= 11 is 3.47. The van der Waals surface area contributed by atoms with Crippen molar-refractivity contribution in [2.75, 3.05) is 25.0 Å². The Morgan fingerprint density at radius 2 is 2.00 bits per heavy atom. The molecule has 0 spiro atoms. The van der Waals surface area contributed by atoms with Crippen molar-refractivity contribution in [3.63, 3.8) is 0 Å². The van der Waals surface area contributed by atoms with Gasteiger partial charge in [0.2, 0.25) is 0 Å². The number of halogens is 1. The molecule has 1 atom stereocenters. The third-order valence-corrected chi connectivity index (χ3v) is 4.16. The van der Waals surface area contributed by atoms with E-state index in [1.807, 2.05) is 0 Å². The summed E-state index contributed by atoms with van der Waals surface area (Å²) in [5.74, 6) is 0. The van der Waals surface area contributed by atoms with Gasteiger partial charge in [-0.2, -0.15) is 5.26 Å². The zero-order chi connectivity index (χ0) is 14.0. The summed E-state index contributed by atoms with van der Waals surface area (Å²) in [6.07, 6.45) is 0.559. The summed E-state index contributed by atoms with van der Waals surface area (Å²) in [4.78, 5) is 4.72. The van der Waals surface area contributed by atoms with E-state index in [0.717, 1.165) is 17.6 Å². The molecule has 0 saturated carbocycles. The number of benzene rings is 1. The molecule has 0 N–H and O–H groups in total. The van der Waals surface area contributed by atoms with Crippen LogP contribution in [0.5, 0.6) is 0 Å². The second-order valence-corrected chi connectivity index (χ2v) is 6.79. The van der Waals surface area contributed by atoms with Crippen LogP contribution in [-0.2, 0) is 0 Å². The number of nitriles is 1. The lowest BCUT2D eigenvalue weighted by Gasteiger charge is -2.52. The van der Waals surface area contributed by atoms with E-state index in [0.29, 0.717) is 6.42 Å². The Kier molecular flexibility index (Phi) is 4.17. The van der Waals surface area contributed by atoms with Gasteiger partial charge in [0.05, 0.1) is 18.5 Å². The molecule has 0 radical (unpaired) electrons. The number of piperazine rings is 1. The molecule has 1 unspecified atom stereocenters. The molecule has 102 valence electrons. The molecule has 1 aromatic rings. The van der Waals surface area contributed by atoms with E-state index in [9.17, 15) is 0 Å². The number of hydrogen-bond acceptors (Lipinski definition) is 3. The summed E-state index contributed by atoms with van der Waals surface area (Å²) in [5, 5.41) is 9.08. The van der Waals surface area contributed by atoms with Crippen LogP contribution in [0.15, 0.2) is 28.7 Å². The zero-order valence-electron chi connectivity index (χ0n) is 11.7. The average molecular weight is 322 g/mol. The molecule has 1 fully saturated rings. The van der Waals surface area contributed by atoms with Crippen LogP contribution in [0.25, 0.3) is 0 Å². The maximum absolute atomic E-state index is 9.08. The van der Waals surface area contributed by atoms with E-state index < -0.39 is 0 Å². The number of hydrogen-bond donors (Lipinski definition) is 0. The van der Waals surface area contributed by atoms with Crippen molar-refractivity contribution >= 4 is 21.6 Å².